The lowest BCUT2D eigenvalue weighted by Gasteiger charge is -2.26. The van der Waals surface area contributed by atoms with Crippen molar-refractivity contribution in [3.63, 3.8) is 0 Å². The molecule has 0 bridgehead atoms. The first kappa shape index (κ1) is 26.0. The van der Waals surface area contributed by atoms with Gasteiger partial charge in [-0.2, -0.15) is 0 Å². The first-order chi connectivity index (χ1) is 17.6. The van der Waals surface area contributed by atoms with Crippen LogP contribution in [0.2, 0.25) is 0 Å². The number of sulfonamides is 1. The molecule has 9 heteroatoms. The average Bonchev–Trinajstić information content (AvgIpc) is 3.20. The summed E-state index contributed by atoms with van der Waals surface area (Å²) >= 11 is 0. The van der Waals surface area contributed by atoms with E-state index in [1.54, 1.807) is 13.8 Å². The van der Waals surface area contributed by atoms with Gasteiger partial charge < -0.3 is 14.6 Å². The van der Waals surface area contributed by atoms with Crippen molar-refractivity contribution < 1.29 is 22.5 Å². The number of benzene rings is 3. The number of aryl methyl sites for hydroxylation is 1. The summed E-state index contributed by atoms with van der Waals surface area (Å²) in [6.45, 7) is 7.57. The maximum absolute atomic E-state index is 12.6. The molecule has 0 saturated heterocycles. The van der Waals surface area contributed by atoms with Crippen molar-refractivity contribution in [1.82, 2.24) is 5.16 Å². The Morgan fingerprint density at radius 3 is 2.14 bits per heavy atom. The maximum atomic E-state index is 12.6. The topological polar surface area (TPSA) is 111 Å². The monoisotopic (exact) mass is 519 g/mol. The highest BCUT2D eigenvalue weighted by molar-refractivity contribution is 7.92. The summed E-state index contributed by atoms with van der Waals surface area (Å²) in [7, 11) is -3.87. The van der Waals surface area contributed by atoms with Crippen molar-refractivity contribution in [2.75, 3.05) is 16.6 Å². The van der Waals surface area contributed by atoms with Crippen LogP contribution in [0.3, 0.4) is 0 Å². The standard InChI is InChI=1S/C28H29N3O5S/c1-19-20(2)30-36-27(19)31-37(33,34)25-16-12-23(13-17-25)29-26(32)18-35-24-14-10-22(11-15-24)28(3,4)21-8-6-5-7-9-21/h5-17,31H,18H2,1-4H3,(H,29,32). The molecule has 2 N–H and O–H groups in total. The summed E-state index contributed by atoms with van der Waals surface area (Å²) in [5.74, 6) is 0.284. The molecule has 192 valence electrons. The first-order valence-electron chi connectivity index (χ1n) is 11.7. The molecule has 1 amide bonds. The highest BCUT2D eigenvalue weighted by Gasteiger charge is 2.23. The number of rotatable bonds is 9. The molecule has 0 fully saturated rings. The summed E-state index contributed by atoms with van der Waals surface area (Å²) in [4.78, 5) is 12.4. The van der Waals surface area contributed by atoms with Gasteiger partial charge in [-0.25, -0.2) is 13.1 Å². The Morgan fingerprint density at radius 1 is 0.919 bits per heavy atom. The Labute approximate surface area is 216 Å². The molecule has 0 aliphatic carbocycles. The van der Waals surface area contributed by atoms with Crippen LogP contribution in [-0.4, -0.2) is 26.1 Å². The van der Waals surface area contributed by atoms with Crippen LogP contribution in [0.1, 0.15) is 36.2 Å². The van der Waals surface area contributed by atoms with Crippen molar-refractivity contribution in [1.29, 1.82) is 0 Å². The van der Waals surface area contributed by atoms with Gasteiger partial charge in [0.05, 0.1) is 10.6 Å². The number of hydrogen-bond acceptors (Lipinski definition) is 6. The third kappa shape index (κ3) is 6.00. The molecule has 0 unspecified atom stereocenters. The summed E-state index contributed by atoms with van der Waals surface area (Å²) in [6.07, 6.45) is 0. The molecule has 3 aromatic carbocycles. The fourth-order valence-corrected chi connectivity index (χ4v) is 4.79. The maximum Gasteiger partial charge on any atom is 0.264 e. The summed E-state index contributed by atoms with van der Waals surface area (Å²) in [5.41, 5.74) is 3.83. The summed E-state index contributed by atoms with van der Waals surface area (Å²) in [5, 5.41) is 6.45. The minimum atomic E-state index is -3.87. The van der Waals surface area contributed by atoms with Crippen molar-refractivity contribution in [3.05, 3.63) is 101 Å². The average molecular weight is 520 g/mol. The van der Waals surface area contributed by atoms with Gasteiger partial charge in [0.2, 0.25) is 5.88 Å². The minimum Gasteiger partial charge on any atom is -0.484 e. The first-order valence-corrected chi connectivity index (χ1v) is 13.2. The van der Waals surface area contributed by atoms with E-state index in [4.69, 9.17) is 9.26 Å². The molecule has 4 aromatic rings. The van der Waals surface area contributed by atoms with E-state index in [-0.39, 0.29) is 28.7 Å². The number of aromatic nitrogens is 1. The van der Waals surface area contributed by atoms with Crippen LogP contribution in [0.15, 0.2) is 88.3 Å². The number of nitrogens with zero attached hydrogens (tertiary/aromatic N) is 1. The van der Waals surface area contributed by atoms with E-state index in [1.807, 2.05) is 42.5 Å². The number of amides is 1. The summed E-state index contributed by atoms with van der Waals surface area (Å²) < 4.78 is 38.3. The number of ether oxygens (including phenoxy) is 1. The Balaban J connectivity index is 1.32. The number of carbonyl (C=O) groups is 1. The highest BCUT2D eigenvalue weighted by Crippen LogP contribution is 2.32. The van der Waals surface area contributed by atoms with Crippen LogP contribution in [0.25, 0.3) is 0 Å². The Kier molecular flexibility index (Phi) is 7.35. The molecule has 8 nitrogen and oxygen atoms in total. The third-order valence-electron chi connectivity index (χ3n) is 6.27. The lowest BCUT2D eigenvalue weighted by Crippen LogP contribution is -2.21. The fraction of sp³-hybridized carbons (Fsp3) is 0.214. The SMILES string of the molecule is Cc1noc(NS(=O)(=O)c2ccc(NC(=O)COc3ccc(C(C)(C)c4ccccc4)cc3)cc2)c1C. The highest BCUT2D eigenvalue weighted by atomic mass is 32.2. The van der Waals surface area contributed by atoms with Crippen molar-refractivity contribution >= 4 is 27.5 Å². The molecule has 4 rings (SSSR count). The second-order valence-corrected chi connectivity index (χ2v) is 10.9. The molecular formula is C28H29N3O5S. The molecule has 0 saturated carbocycles. The van der Waals surface area contributed by atoms with Gasteiger partial charge in [-0.3, -0.25) is 4.79 Å². The van der Waals surface area contributed by atoms with Crippen LogP contribution in [0.5, 0.6) is 5.75 Å². The zero-order chi connectivity index (χ0) is 26.6. The van der Waals surface area contributed by atoms with Crippen molar-refractivity contribution in [3.8, 4) is 5.75 Å². The quantitative estimate of drug-likeness (QED) is 0.305. The third-order valence-corrected chi connectivity index (χ3v) is 7.62. The van der Waals surface area contributed by atoms with E-state index < -0.39 is 10.0 Å². The molecule has 37 heavy (non-hydrogen) atoms. The minimum absolute atomic E-state index is 0.0220. The number of anilines is 2. The van der Waals surface area contributed by atoms with Crippen LogP contribution in [0, 0.1) is 13.8 Å². The molecule has 0 aliphatic heterocycles. The number of nitrogens with one attached hydrogen (secondary N) is 2. The Morgan fingerprint density at radius 2 is 1.54 bits per heavy atom. The summed E-state index contributed by atoms with van der Waals surface area (Å²) in [6, 6.07) is 23.7. The van der Waals surface area contributed by atoms with Gasteiger partial charge in [0.1, 0.15) is 5.75 Å². The molecule has 0 spiro atoms. The van der Waals surface area contributed by atoms with Crippen LogP contribution < -0.4 is 14.8 Å². The van der Waals surface area contributed by atoms with Gasteiger partial charge in [-0.1, -0.05) is 61.5 Å². The number of carbonyl (C=O) groups excluding carboxylic acids is 1. The van der Waals surface area contributed by atoms with Crippen molar-refractivity contribution in [2.24, 2.45) is 0 Å². The molecule has 0 aliphatic rings. The molecule has 1 heterocycles. The van der Waals surface area contributed by atoms with Crippen molar-refractivity contribution in [2.45, 2.75) is 38.0 Å². The van der Waals surface area contributed by atoms with Gasteiger partial charge in [0, 0.05) is 16.7 Å². The molecule has 0 atom stereocenters. The second kappa shape index (κ2) is 10.5. The van der Waals surface area contributed by atoms with Gasteiger partial charge in [0.15, 0.2) is 6.61 Å². The predicted octanol–water partition coefficient (Wildman–Crippen LogP) is 5.44. The van der Waals surface area contributed by atoms with Gasteiger partial charge in [0.25, 0.3) is 15.9 Å². The normalized spacial score (nSPS) is 11.7. The van der Waals surface area contributed by atoms with Crippen LogP contribution in [0.4, 0.5) is 11.6 Å². The molecular weight excluding hydrogens is 490 g/mol. The van der Waals surface area contributed by atoms with E-state index in [0.717, 1.165) is 5.56 Å². The molecule has 1 aromatic heterocycles. The Hall–Kier alpha value is -4.11. The van der Waals surface area contributed by atoms with E-state index in [2.05, 4.69) is 41.2 Å². The van der Waals surface area contributed by atoms with E-state index in [0.29, 0.717) is 22.7 Å². The largest absolute Gasteiger partial charge is 0.484 e. The lowest BCUT2D eigenvalue weighted by atomic mass is 9.78. The zero-order valence-electron chi connectivity index (χ0n) is 21.1. The van der Waals surface area contributed by atoms with E-state index in [1.165, 1.54) is 29.8 Å². The second-order valence-electron chi connectivity index (χ2n) is 9.20. The fourth-order valence-electron chi connectivity index (χ4n) is 3.74. The van der Waals surface area contributed by atoms with Crippen LogP contribution >= 0.6 is 0 Å². The lowest BCUT2D eigenvalue weighted by molar-refractivity contribution is -0.118. The number of hydrogen-bond donors (Lipinski definition) is 2. The smallest absolute Gasteiger partial charge is 0.264 e. The zero-order valence-corrected chi connectivity index (χ0v) is 21.9. The van der Waals surface area contributed by atoms with Gasteiger partial charge >= 0.3 is 0 Å². The Bertz CT molecular complexity index is 1480. The molecule has 0 radical (unpaired) electrons. The van der Waals surface area contributed by atoms with E-state index in [9.17, 15) is 13.2 Å². The predicted molar refractivity (Wildman–Crippen MR) is 142 cm³/mol. The van der Waals surface area contributed by atoms with E-state index >= 15 is 0 Å². The van der Waals surface area contributed by atoms with Gasteiger partial charge in [-0.05, 0) is 61.4 Å². The van der Waals surface area contributed by atoms with Crippen LogP contribution in [-0.2, 0) is 20.2 Å². The van der Waals surface area contributed by atoms with Gasteiger partial charge in [-0.15, -0.1) is 0 Å².